The van der Waals surface area contributed by atoms with Crippen molar-refractivity contribution in [2.75, 3.05) is 25.6 Å². The fourth-order valence-corrected chi connectivity index (χ4v) is 5.68. The molecule has 0 aliphatic carbocycles. The zero-order chi connectivity index (χ0) is 32.3. The smallest absolute Gasteiger partial charge is 0.221 e. The van der Waals surface area contributed by atoms with E-state index in [-0.39, 0.29) is 12.3 Å². The number of anilines is 1. The van der Waals surface area contributed by atoms with E-state index in [1.807, 2.05) is 97.9 Å². The summed E-state index contributed by atoms with van der Waals surface area (Å²) in [6.07, 6.45) is 2.85. The molecule has 8 nitrogen and oxygen atoms in total. The predicted octanol–water partition coefficient (Wildman–Crippen LogP) is 7.34. The van der Waals surface area contributed by atoms with E-state index in [1.54, 1.807) is 7.11 Å². The molecule has 3 N–H and O–H groups in total. The van der Waals surface area contributed by atoms with Gasteiger partial charge in [0.05, 0.1) is 39.4 Å². The summed E-state index contributed by atoms with van der Waals surface area (Å²) >= 11 is 0. The Morgan fingerprint density at radius 2 is 1.57 bits per heavy atom. The van der Waals surface area contributed by atoms with Crippen LogP contribution in [0.5, 0.6) is 17.2 Å². The number of nitrogens with zero attached hydrogens (tertiary/aromatic N) is 2. The molecule has 46 heavy (non-hydrogen) atoms. The number of unbranched alkanes of at least 4 members (excludes halogenated alkanes) is 2. The Hall–Kier alpha value is -5.42. The summed E-state index contributed by atoms with van der Waals surface area (Å²) in [4.78, 5) is 11.9. The number of hydrogen-bond acceptors (Lipinski definition) is 6. The molecule has 0 saturated carbocycles. The van der Waals surface area contributed by atoms with Crippen LogP contribution in [0.15, 0.2) is 97.1 Å². The van der Waals surface area contributed by atoms with Crippen molar-refractivity contribution in [3.05, 3.63) is 119 Å². The number of ether oxygens (including phenoxy) is 3. The van der Waals surface area contributed by atoms with Gasteiger partial charge < -0.3 is 29.8 Å². The molecule has 1 unspecified atom stereocenters. The summed E-state index contributed by atoms with van der Waals surface area (Å²) < 4.78 is 20.0. The van der Waals surface area contributed by atoms with Crippen molar-refractivity contribution < 1.29 is 19.0 Å². The van der Waals surface area contributed by atoms with E-state index in [9.17, 15) is 10.1 Å². The molecule has 5 rings (SSSR count). The number of nitrogens with one attached hydrogen (secondary N) is 1. The minimum Gasteiger partial charge on any atom is -0.497 e. The molecule has 5 aromatic rings. The maximum Gasteiger partial charge on any atom is 0.221 e. The van der Waals surface area contributed by atoms with Crippen LogP contribution in [0.3, 0.4) is 0 Å². The number of fused-ring (bicyclic) bond motifs is 1. The third-order valence-corrected chi connectivity index (χ3v) is 8.06. The van der Waals surface area contributed by atoms with Gasteiger partial charge in [0.2, 0.25) is 5.91 Å². The highest BCUT2D eigenvalue weighted by Crippen LogP contribution is 2.32. The molecule has 0 fully saturated rings. The zero-order valence-corrected chi connectivity index (χ0v) is 26.4. The van der Waals surface area contributed by atoms with Gasteiger partial charge >= 0.3 is 0 Å². The Morgan fingerprint density at radius 1 is 0.891 bits per heavy atom. The number of hydrogen-bond donors (Lipinski definition) is 2. The van der Waals surface area contributed by atoms with Crippen LogP contribution < -0.4 is 25.3 Å². The van der Waals surface area contributed by atoms with Gasteiger partial charge in [-0.05, 0) is 74.2 Å². The standard InChI is InChI=1S/C38H40N4O4/c1-27-32(24-38(40)43)33-23-30(44-2)19-20-35(33)42(27)26-28-13-7-9-17-36(28)45-21-11-4-12-22-46-37-18-10-8-16-31(37)34(25-39)41-29-14-5-3-6-15-29/h3,5-10,13-20,23,34,41H,4,11-12,21-22,24,26H2,1-2H3,(H2,40,43). The maximum atomic E-state index is 11.9. The SMILES string of the molecule is COc1ccc2c(c1)c(CC(N)=O)c(C)n2Cc1ccccc1OCCCCCOc1ccccc1C(C#N)Nc1ccccc1. The first-order valence-electron chi connectivity index (χ1n) is 15.6. The van der Waals surface area contributed by atoms with E-state index in [4.69, 9.17) is 19.9 Å². The highest BCUT2D eigenvalue weighted by Gasteiger charge is 2.18. The lowest BCUT2D eigenvalue weighted by Gasteiger charge is -2.17. The molecular weight excluding hydrogens is 576 g/mol. The van der Waals surface area contributed by atoms with Gasteiger partial charge in [-0.1, -0.05) is 54.6 Å². The minimum absolute atomic E-state index is 0.166. The van der Waals surface area contributed by atoms with Crippen LogP contribution in [0.25, 0.3) is 10.9 Å². The number of para-hydroxylation sites is 3. The van der Waals surface area contributed by atoms with Crippen molar-refractivity contribution in [3.63, 3.8) is 0 Å². The van der Waals surface area contributed by atoms with E-state index in [2.05, 4.69) is 22.0 Å². The first-order chi connectivity index (χ1) is 22.5. The molecule has 0 bridgehead atoms. The predicted molar refractivity (Wildman–Crippen MR) is 181 cm³/mol. The summed E-state index contributed by atoms with van der Waals surface area (Å²) in [6, 6.07) is 33.2. The van der Waals surface area contributed by atoms with Crippen LogP contribution >= 0.6 is 0 Å². The van der Waals surface area contributed by atoms with Crippen LogP contribution in [0.4, 0.5) is 5.69 Å². The van der Waals surface area contributed by atoms with Crippen molar-refractivity contribution in [2.45, 2.75) is 45.2 Å². The molecule has 1 amide bonds. The van der Waals surface area contributed by atoms with Crippen molar-refractivity contribution in [1.82, 2.24) is 4.57 Å². The van der Waals surface area contributed by atoms with Gasteiger partial charge in [-0.3, -0.25) is 4.79 Å². The molecular formula is C38H40N4O4. The summed E-state index contributed by atoms with van der Waals surface area (Å²) in [5, 5.41) is 14.1. The van der Waals surface area contributed by atoms with E-state index in [0.29, 0.717) is 25.5 Å². The monoisotopic (exact) mass is 616 g/mol. The van der Waals surface area contributed by atoms with Gasteiger partial charge in [-0.25, -0.2) is 0 Å². The minimum atomic E-state index is -0.516. The lowest BCUT2D eigenvalue weighted by atomic mass is 10.1. The first kappa shape index (κ1) is 32.0. The molecule has 4 aromatic carbocycles. The number of carbonyl (C=O) groups excluding carboxylic acids is 1. The third-order valence-electron chi connectivity index (χ3n) is 8.06. The van der Waals surface area contributed by atoms with Gasteiger partial charge in [-0.15, -0.1) is 0 Å². The quantitative estimate of drug-likeness (QED) is 0.112. The second-order valence-electron chi connectivity index (χ2n) is 11.2. The summed E-state index contributed by atoms with van der Waals surface area (Å²) in [5.74, 6) is 1.93. The molecule has 0 aliphatic rings. The molecule has 1 heterocycles. The average molecular weight is 617 g/mol. The maximum absolute atomic E-state index is 11.9. The van der Waals surface area contributed by atoms with E-state index in [0.717, 1.165) is 69.7 Å². The van der Waals surface area contributed by atoms with Gasteiger partial charge in [0.15, 0.2) is 0 Å². The van der Waals surface area contributed by atoms with Gasteiger partial charge in [0.25, 0.3) is 0 Å². The van der Waals surface area contributed by atoms with Crippen molar-refractivity contribution in [3.8, 4) is 23.3 Å². The lowest BCUT2D eigenvalue weighted by Crippen LogP contribution is -2.14. The summed E-state index contributed by atoms with van der Waals surface area (Å²) in [7, 11) is 1.63. The number of aromatic nitrogens is 1. The number of rotatable bonds is 16. The van der Waals surface area contributed by atoms with Gasteiger partial charge in [-0.2, -0.15) is 5.26 Å². The number of carbonyl (C=O) groups is 1. The highest BCUT2D eigenvalue weighted by molar-refractivity contribution is 5.91. The molecule has 0 aliphatic heterocycles. The molecule has 1 aromatic heterocycles. The van der Waals surface area contributed by atoms with Crippen LogP contribution in [0.2, 0.25) is 0 Å². The van der Waals surface area contributed by atoms with Gasteiger partial charge in [0, 0.05) is 33.4 Å². The van der Waals surface area contributed by atoms with Crippen LogP contribution in [-0.4, -0.2) is 30.8 Å². The molecule has 0 radical (unpaired) electrons. The third kappa shape index (κ3) is 7.80. The fourth-order valence-electron chi connectivity index (χ4n) is 5.68. The zero-order valence-electron chi connectivity index (χ0n) is 26.4. The summed E-state index contributed by atoms with van der Waals surface area (Å²) in [5.41, 5.74) is 11.3. The second-order valence-corrected chi connectivity index (χ2v) is 11.2. The Bertz CT molecular complexity index is 1810. The molecule has 0 saturated heterocycles. The molecule has 236 valence electrons. The van der Waals surface area contributed by atoms with E-state index in [1.165, 1.54) is 0 Å². The van der Waals surface area contributed by atoms with E-state index >= 15 is 0 Å². The number of nitrogens with two attached hydrogens (primary N) is 1. The molecule has 0 spiro atoms. The van der Waals surface area contributed by atoms with Crippen molar-refractivity contribution in [2.24, 2.45) is 5.73 Å². The van der Waals surface area contributed by atoms with Crippen molar-refractivity contribution in [1.29, 1.82) is 5.26 Å². The largest absolute Gasteiger partial charge is 0.497 e. The Labute approximate surface area is 270 Å². The fraction of sp³-hybridized carbons (Fsp3) is 0.263. The Morgan fingerprint density at radius 3 is 2.28 bits per heavy atom. The van der Waals surface area contributed by atoms with Crippen LogP contribution in [-0.2, 0) is 17.8 Å². The number of nitriles is 1. The van der Waals surface area contributed by atoms with Crippen molar-refractivity contribution >= 4 is 22.5 Å². The number of methoxy groups -OCH3 is 1. The average Bonchev–Trinajstić information content (AvgIpc) is 3.33. The number of amides is 1. The summed E-state index contributed by atoms with van der Waals surface area (Å²) in [6.45, 7) is 3.75. The number of benzene rings is 4. The number of primary amides is 1. The topological polar surface area (TPSA) is 112 Å². The first-order valence-corrected chi connectivity index (χ1v) is 15.6. The molecule has 8 heteroatoms. The molecule has 1 atom stereocenters. The van der Waals surface area contributed by atoms with E-state index < -0.39 is 6.04 Å². The van der Waals surface area contributed by atoms with Crippen LogP contribution in [0.1, 0.15) is 47.7 Å². The Kier molecular flexibility index (Phi) is 10.8. The lowest BCUT2D eigenvalue weighted by molar-refractivity contribution is -0.117. The highest BCUT2D eigenvalue weighted by atomic mass is 16.5. The second kappa shape index (κ2) is 15.5. The van der Waals surface area contributed by atoms with Crippen LogP contribution in [0, 0.1) is 18.3 Å². The van der Waals surface area contributed by atoms with Gasteiger partial charge in [0.1, 0.15) is 23.3 Å². The normalized spacial score (nSPS) is 11.5. The Balaban J connectivity index is 1.15.